The molecule has 0 saturated heterocycles. The Morgan fingerprint density at radius 2 is 2.13 bits per heavy atom. The van der Waals surface area contributed by atoms with Crippen molar-refractivity contribution < 1.29 is 0 Å². The fraction of sp³-hybridized carbons (Fsp3) is 0.333. The van der Waals surface area contributed by atoms with Crippen LogP contribution in [0.1, 0.15) is 12.0 Å². The Balaban J connectivity index is 2.02. The van der Waals surface area contributed by atoms with Crippen LogP contribution in [0.5, 0.6) is 0 Å². The van der Waals surface area contributed by atoms with Crippen molar-refractivity contribution in [2.24, 2.45) is 0 Å². The van der Waals surface area contributed by atoms with Gasteiger partial charge in [-0.05, 0) is 34.6 Å². The van der Waals surface area contributed by atoms with E-state index in [1.807, 2.05) is 23.1 Å². The second-order valence-electron chi connectivity index (χ2n) is 3.35. The zero-order valence-electron chi connectivity index (χ0n) is 8.41. The molecule has 2 aromatic rings. The summed E-state index contributed by atoms with van der Waals surface area (Å²) in [5, 5.41) is 3.69. The third kappa shape index (κ3) is 2.90. The molecule has 0 radical (unpaired) electrons. The molecule has 0 nitrogen and oxygen atoms in total. The van der Waals surface area contributed by atoms with Gasteiger partial charge in [0.25, 0.3) is 0 Å². The molecule has 15 heavy (non-hydrogen) atoms. The smallest absolute Gasteiger partial charge is 0.0345 e. The van der Waals surface area contributed by atoms with Crippen LogP contribution in [0.25, 0.3) is 10.1 Å². The van der Waals surface area contributed by atoms with Crippen molar-refractivity contribution in [2.45, 2.75) is 12.2 Å². The SMILES string of the molecule is ClCCCSCc1csc2ccccc12. The van der Waals surface area contributed by atoms with E-state index >= 15 is 0 Å². The fourth-order valence-corrected chi connectivity index (χ4v) is 3.80. The summed E-state index contributed by atoms with van der Waals surface area (Å²) in [6, 6.07) is 8.61. The van der Waals surface area contributed by atoms with Gasteiger partial charge in [-0.3, -0.25) is 0 Å². The fourth-order valence-electron chi connectivity index (χ4n) is 1.48. The summed E-state index contributed by atoms with van der Waals surface area (Å²) in [6.07, 6.45) is 1.11. The highest BCUT2D eigenvalue weighted by Crippen LogP contribution is 2.28. The molecule has 0 atom stereocenters. The minimum atomic E-state index is 0.775. The predicted molar refractivity (Wildman–Crippen MR) is 73.3 cm³/mol. The van der Waals surface area contributed by atoms with E-state index in [0.717, 1.165) is 23.8 Å². The standard InChI is InChI=1S/C12H13ClS2/c13-6-3-7-14-8-10-9-15-12-5-2-1-4-11(10)12/h1-2,4-5,9H,3,6-8H2. The zero-order valence-corrected chi connectivity index (χ0v) is 10.8. The number of thioether (sulfide) groups is 1. The Hall–Kier alpha value is -0.180. The predicted octanol–water partition coefficient (Wildman–Crippen LogP) is 4.76. The van der Waals surface area contributed by atoms with Gasteiger partial charge in [0, 0.05) is 16.3 Å². The first-order valence-corrected chi connectivity index (χ1v) is 7.57. The van der Waals surface area contributed by atoms with Crippen LogP contribution < -0.4 is 0 Å². The summed E-state index contributed by atoms with van der Waals surface area (Å²) >= 11 is 9.46. The van der Waals surface area contributed by atoms with Gasteiger partial charge in [-0.1, -0.05) is 18.2 Å². The number of rotatable bonds is 5. The van der Waals surface area contributed by atoms with Crippen molar-refractivity contribution in [1.82, 2.24) is 0 Å². The van der Waals surface area contributed by atoms with Crippen molar-refractivity contribution in [3.63, 3.8) is 0 Å². The summed E-state index contributed by atoms with van der Waals surface area (Å²) < 4.78 is 1.39. The largest absolute Gasteiger partial charge is 0.157 e. The van der Waals surface area contributed by atoms with E-state index in [1.165, 1.54) is 15.6 Å². The number of hydrogen-bond acceptors (Lipinski definition) is 2. The molecular formula is C12H13ClS2. The summed E-state index contributed by atoms with van der Waals surface area (Å²) in [4.78, 5) is 0. The molecule has 0 aliphatic heterocycles. The molecule has 0 aliphatic rings. The lowest BCUT2D eigenvalue weighted by Gasteiger charge is -1.99. The monoisotopic (exact) mass is 256 g/mol. The van der Waals surface area contributed by atoms with E-state index in [1.54, 1.807) is 0 Å². The molecule has 1 aromatic heterocycles. The van der Waals surface area contributed by atoms with E-state index < -0.39 is 0 Å². The highest BCUT2D eigenvalue weighted by atomic mass is 35.5. The highest BCUT2D eigenvalue weighted by molar-refractivity contribution is 7.98. The van der Waals surface area contributed by atoms with Crippen LogP contribution >= 0.6 is 34.7 Å². The maximum absolute atomic E-state index is 5.65. The van der Waals surface area contributed by atoms with Crippen molar-refractivity contribution >= 4 is 44.8 Å². The molecule has 1 heterocycles. The van der Waals surface area contributed by atoms with Crippen LogP contribution in [-0.2, 0) is 5.75 Å². The van der Waals surface area contributed by atoms with E-state index in [9.17, 15) is 0 Å². The Morgan fingerprint density at radius 1 is 1.27 bits per heavy atom. The number of benzene rings is 1. The van der Waals surface area contributed by atoms with Crippen LogP contribution in [0.15, 0.2) is 29.6 Å². The second-order valence-corrected chi connectivity index (χ2v) is 5.75. The van der Waals surface area contributed by atoms with Crippen LogP contribution in [0.4, 0.5) is 0 Å². The molecule has 3 heteroatoms. The maximum Gasteiger partial charge on any atom is 0.0345 e. The van der Waals surface area contributed by atoms with E-state index in [4.69, 9.17) is 11.6 Å². The average Bonchev–Trinajstić information content (AvgIpc) is 2.68. The van der Waals surface area contributed by atoms with Crippen LogP contribution in [0.2, 0.25) is 0 Å². The number of thiophene rings is 1. The quantitative estimate of drug-likeness (QED) is 0.549. The molecule has 0 saturated carbocycles. The molecule has 0 aliphatic carbocycles. The molecule has 80 valence electrons. The summed E-state index contributed by atoms with van der Waals surface area (Å²) in [5.74, 6) is 3.05. The van der Waals surface area contributed by atoms with Gasteiger partial charge in [0.1, 0.15) is 0 Å². The number of hydrogen-bond donors (Lipinski definition) is 0. The van der Waals surface area contributed by atoms with Crippen molar-refractivity contribution in [2.75, 3.05) is 11.6 Å². The lowest BCUT2D eigenvalue weighted by Crippen LogP contribution is -1.83. The Kier molecular flexibility index (Phi) is 4.36. The first-order chi connectivity index (χ1) is 7.42. The number of alkyl halides is 1. The second kappa shape index (κ2) is 5.78. The average molecular weight is 257 g/mol. The first-order valence-electron chi connectivity index (χ1n) is 5.00. The molecule has 0 bridgehead atoms. The zero-order chi connectivity index (χ0) is 10.5. The van der Waals surface area contributed by atoms with Crippen molar-refractivity contribution in [3.8, 4) is 0 Å². The van der Waals surface area contributed by atoms with Gasteiger partial charge in [-0.25, -0.2) is 0 Å². The molecule has 1 aromatic carbocycles. The maximum atomic E-state index is 5.65. The van der Waals surface area contributed by atoms with Gasteiger partial charge in [0.15, 0.2) is 0 Å². The Labute approximate surface area is 104 Å². The molecule has 2 rings (SSSR count). The normalized spacial score (nSPS) is 11.0. The molecule has 0 fully saturated rings. The lowest BCUT2D eigenvalue weighted by molar-refractivity contribution is 1.11. The van der Waals surface area contributed by atoms with Gasteiger partial charge in [0.2, 0.25) is 0 Å². The van der Waals surface area contributed by atoms with E-state index in [2.05, 4.69) is 29.6 Å². The number of halogens is 1. The third-order valence-electron chi connectivity index (χ3n) is 2.24. The van der Waals surface area contributed by atoms with Gasteiger partial charge in [0.05, 0.1) is 0 Å². The molecular weight excluding hydrogens is 244 g/mol. The van der Waals surface area contributed by atoms with E-state index in [0.29, 0.717) is 0 Å². The topological polar surface area (TPSA) is 0 Å². The third-order valence-corrected chi connectivity index (χ3v) is 4.61. The minimum absolute atomic E-state index is 0.775. The lowest BCUT2D eigenvalue weighted by atomic mass is 10.2. The highest BCUT2D eigenvalue weighted by Gasteiger charge is 2.02. The van der Waals surface area contributed by atoms with Crippen LogP contribution in [0, 0.1) is 0 Å². The van der Waals surface area contributed by atoms with Crippen molar-refractivity contribution in [1.29, 1.82) is 0 Å². The van der Waals surface area contributed by atoms with Crippen LogP contribution in [-0.4, -0.2) is 11.6 Å². The van der Waals surface area contributed by atoms with E-state index in [-0.39, 0.29) is 0 Å². The minimum Gasteiger partial charge on any atom is -0.157 e. The molecule has 0 unspecified atom stereocenters. The van der Waals surface area contributed by atoms with Gasteiger partial charge in [-0.15, -0.1) is 22.9 Å². The summed E-state index contributed by atoms with van der Waals surface area (Å²) in [7, 11) is 0. The van der Waals surface area contributed by atoms with Gasteiger partial charge in [-0.2, -0.15) is 11.8 Å². The van der Waals surface area contributed by atoms with Crippen LogP contribution in [0.3, 0.4) is 0 Å². The Morgan fingerprint density at radius 3 is 3.00 bits per heavy atom. The molecule has 0 N–H and O–H groups in total. The summed E-state index contributed by atoms with van der Waals surface area (Å²) in [6.45, 7) is 0. The Bertz CT molecular complexity index is 422. The van der Waals surface area contributed by atoms with Crippen molar-refractivity contribution in [3.05, 3.63) is 35.2 Å². The van der Waals surface area contributed by atoms with Gasteiger partial charge < -0.3 is 0 Å². The number of fused-ring (bicyclic) bond motifs is 1. The summed E-state index contributed by atoms with van der Waals surface area (Å²) in [5.41, 5.74) is 1.47. The molecule has 0 amide bonds. The molecule has 0 spiro atoms. The first kappa shape index (κ1) is 11.3. The van der Waals surface area contributed by atoms with Gasteiger partial charge >= 0.3 is 0 Å².